The first-order valence-corrected chi connectivity index (χ1v) is 26.2. The van der Waals surface area contributed by atoms with E-state index in [1.807, 2.05) is 11.3 Å². The van der Waals surface area contributed by atoms with Crippen molar-refractivity contribution < 1.29 is 0 Å². The normalized spacial score (nSPS) is 12.4. The number of rotatable bonds is 1. The van der Waals surface area contributed by atoms with E-state index in [9.17, 15) is 0 Å². The van der Waals surface area contributed by atoms with Crippen molar-refractivity contribution in [3.63, 3.8) is 0 Å². The molecule has 0 spiro atoms. The summed E-state index contributed by atoms with van der Waals surface area (Å²) in [5.41, 5.74) is 12.5. The van der Waals surface area contributed by atoms with Crippen LogP contribution in [0.25, 0.3) is 173 Å². The van der Waals surface area contributed by atoms with Gasteiger partial charge in [0.1, 0.15) is 0 Å². The van der Waals surface area contributed by atoms with Crippen LogP contribution in [0.5, 0.6) is 0 Å². The van der Waals surface area contributed by atoms with E-state index in [-0.39, 0.29) is 0 Å². The van der Waals surface area contributed by atoms with Gasteiger partial charge >= 0.3 is 0 Å². The lowest BCUT2D eigenvalue weighted by atomic mass is 9.75. The first-order valence-electron chi connectivity index (χ1n) is 25.4. The first kappa shape index (κ1) is 39.6. The van der Waals surface area contributed by atoms with Crippen molar-refractivity contribution in [2.75, 3.05) is 0 Å². The molecule has 17 rings (SSSR count). The topological polar surface area (TPSA) is 0 Å². The molecule has 1 aliphatic carbocycles. The quantitative estimate of drug-likeness (QED) is 0.144. The average Bonchev–Trinajstić information content (AvgIpc) is 3.86. The third-order valence-corrected chi connectivity index (χ3v) is 17.8. The Labute approximate surface area is 424 Å². The molecular formula is C72H40S. The SMILES string of the molecule is c1cc2c(c(-c3cccc4c3sc3ccccc34)c1)-c1cc3c4ccccc4c4ccccc4c3cc1-c1cc3c4ccccc4c4ccccc4c3cc1-c1cc3c4ccccc4c4ccccc4c3cc1-2. The van der Waals surface area contributed by atoms with Gasteiger partial charge in [0, 0.05) is 25.7 Å². The molecular weight excluding hydrogens is 897 g/mol. The largest absolute Gasteiger partial charge is 0.135 e. The molecule has 1 heterocycles. The summed E-state index contributed by atoms with van der Waals surface area (Å²) < 4.78 is 2.63. The third-order valence-electron chi connectivity index (χ3n) is 16.5. The van der Waals surface area contributed by atoms with Crippen LogP contribution in [0.4, 0.5) is 0 Å². The molecule has 0 atom stereocenters. The van der Waals surface area contributed by atoms with Crippen LogP contribution in [-0.4, -0.2) is 0 Å². The molecule has 15 aromatic carbocycles. The van der Waals surface area contributed by atoms with Crippen molar-refractivity contribution in [2.24, 2.45) is 0 Å². The van der Waals surface area contributed by atoms with Crippen LogP contribution >= 0.6 is 11.3 Å². The highest BCUT2D eigenvalue weighted by molar-refractivity contribution is 7.26. The van der Waals surface area contributed by atoms with Crippen molar-refractivity contribution in [3.8, 4) is 55.6 Å². The standard InChI is InChI=1S/C72H40S/c1-7-23-47-41(17-1)42-18-2-8-24-48(42)59-36-65-64(35-58(47)59)55-31-15-30-54(57-33-16-32-56-53-29-13-14-34-70(53)73-72(56)57)71(55)69-40-63-52-28-12-6-22-46(52)45-21-5-11-27-51(45)62(63)39-68(69)67-38-61-50-26-10-4-20-44(50)43-19-3-9-25-49(43)60(61)37-66(65)67/h1-40H. The molecule has 1 heteroatoms. The molecule has 0 saturated heterocycles. The number of fused-ring (bicyclic) bond motifs is 29. The molecule has 0 radical (unpaired) electrons. The van der Waals surface area contributed by atoms with Gasteiger partial charge in [-0.15, -0.1) is 11.3 Å². The highest BCUT2D eigenvalue weighted by atomic mass is 32.1. The summed E-state index contributed by atoms with van der Waals surface area (Å²) in [5, 5.41) is 25.5. The molecule has 334 valence electrons. The van der Waals surface area contributed by atoms with E-state index in [4.69, 9.17) is 0 Å². The fourth-order valence-corrected chi connectivity index (χ4v) is 14.7. The second-order valence-corrected chi connectivity index (χ2v) is 21.2. The van der Waals surface area contributed by atoms with E-state index < -0.39 is 0 Å². The van der Waals surface area contributed by atoms with Crippen molar-refractivity contribution >= 4 is 128 Å². The predicted octanol–water partition coefficient (Wildman–Crippen LogP) is 21.1. The van der Waals surface area contributed by atoms with Crippen LogP contribution in [0, 0.1) is 0 Å². The van der Waals surface area contributed by atoms with Gasteiger partial charge in [-0.2, -0.15) is 0 Å². The molecule has 0 saturated carbocycles. The lowest BCUT2D eigenvalue weighted by Gasteiger charge is -2.28. The van der Waals surface area contributed by atoms with Gasteiger partial charge in [-0.05, 0) is 189 Å². The molecule has 0 nitrogen and oxygen atoms in total. The summed E-state index contributed by atoms with van der Waals surface area (Å²) in [6.45, 7) is 0. The van der Waals surface area contributed by atoms with E-state index >= 15 is 0 Å². The fraction of sp³-hybridized carbons (Fsp3) is 0. The molecule has 0 unspecified atom stereocenters. The van der Waals surface area contributed by atoms with Crippen molar-refractivity contribution in [1.82, 2.24) is 0 Å². The Morgan fingerprint density at radius 1 is 0.164 bits per heavy atom. The zero-order valence-electron chi connectivity index (χ0n) is 39.5. The minimum Gasteiger partial charge on any atom is -0.135 e. The molecule has 0 bridgehead atoms. The Morgan fingerprint density at radius 2 is 0.411 bits per heavy atom. The second kappa shape index (κ2) is 14.7. The fourth-order valence-electron chi connectivity index (χ4n) is 13.4. The van der Waals surface area contributed by atoms with Crippen LogP contribution in [0.3, 0.4) is 0 Å². The van der Waals surface area contributed by atoms with Crippen molar-refractivity contribution in [3.05, 3.63) is 243 Å². The van der Waals surface area contributed by atoms with E-state index in [0.29, 0.717) is 0 Å². The molecule has 0 fully saturated rings. The van der Waals surface area contributed by atoms with E-state index in [1.54, 1.807) is 0 Å². The molecule has 0 N–H and O–H groups in total. The smallest absolute Gasteiger partial charge is 0.0434 e. The summed E-state index contributed by atoms with van der Waals surface area (Å²) >= 11 is 1.91. The summed E-state index contributed by atoms with van der Waals surface area (Å²) in [4.78, 5) is 0. The monoisotopic (exact) mass is 936 g/mol. The summed E-state index contributed by atoms with van der Waals surface area (Å²) in [6.07, 6.45) is 0. The minimum atomic E-state index is 1.24. The molecule has 1 aromatic heterocycles. The summed E-state index contributed by atoms with van der Waals surface area (Å²) in [6, 6.07) is 92.6. The minimum absolute atomic E-state index is 1.24. The summed E-state index contributed by atoms with van der Waals surface area (Å²) in [5.74, 6) is 0. The molecule has 0 aliphatic heterocycles. The molecule has 16 aromatic rings. The van der Waals surface area contributed by atoms with Gasteiger partial charge in [0.2, 0.25) is 0 Å². The number of hydrogen-bond donors (Lipinski definition) is 0. The zero-order valence-corrected chi connectivity index (χ0v) is 40.3. The van der Waals surface area contributed by atoms with Crippen molar-refractivity contribution in [2.45, 2.75) is 0 Å². The van der Waals surface area contributed by atoms with Gasteiger partial charge in [-0.3, -0.25) is 0 Å². The third kappa shape index (κ3) is 5.39. The number of hydrogen-bond acceptors (Lipinski definition) is 1. The summed E-state index contributed by atoms with van der Waals surface area (Å²) in [7, 11) is 0. The van der Waals surface area contributed by atoms with Crippen LogP contribution in [0.2, 0.25) is 0 Å². The second-order valence-electron chi connectivity index (χ2n) is 20.1. The van der Waals surface area contributed by atoms with Gasteiger partial charge < -0.3 is 0 Å². The van der Waals surface area contributed by atoms with Crippen LogP contribution in [0.1, 0.15) is 0 Å². The Bertz CT molecular complexity index is 5150. The zero-order chi connectivity index (χ0) is 47.5. The Morgan fingerprint density at radius 3 is 0.795 bits per heavy atom. The average molecular weight is 937 g/mol. The number of benzene rings is 15. The van der Waals surface area contributed by atoms with Gasteiger partial charge in [-0.1, -0.05) is 200 Å². The van der Waals surface area contributed by atoms with Crippen LogP contribution in [-0.2, 0) is 0 Å². The molecule has 1 aliphatic rings. The maximum absolute atomic E-state index is 2.58. The predicted molar refractivity (Wildman–Crippen MR) is 318 cm³/mol. The highest BCUT2D eigenvalue weighted by Gasteiger charge is 2.29. The van der Waals surface area contributed by atoms with Gasteiger partial charge in [0.15, 0.2) is 0 Å². The van der Waals surface area contributed by atoms with Crippen LogP contribution < -0.4 is 0 Å². The van der Waals surface area contributed by atoms with Gasteiger partial charge in [0.25, 0.3) is 0 Å². The van der Waals surface area contributed by atoms with Gasteiger partial charge in [-0.25, -0.2) is 0 Å². The van der Waals surface area contributed by atoms with E-state index in [1.165, 1.54) is 173 Å². The molecule has 73 heavy (non-hydrogen) atoms. The van der Waals surface area contributed by atoms with E-state index in [2.05, 4.69) is 243 Å². The molecule has 0 amide bonds. The number of thiophene rings is 1. The lowest BCUT2D eigenvalue weighted by molar-refractivity contribution is 1.56. The first-order chi connectivity index (χ1) is 36.2. The van der Waals surface area contributed by atoms with Crippen molar-refractivity contribution in [1.29, 1.82) is 0 Å². The maximum atomic E-state index is 2.58. The maximum Gasteiger partial charge on any atom is 0.0434 e. The Balaban J connectivity index is 1.13. The lowest BCUT2D eigenvalue weighted by Crippen LogP contribution is -2.01. The Kier molecular flexibility index (Phi) is 7.97. The van der Waals surface area contributed by atoms with Crippen LogP contribution in [0.15, 0.2) is 243 Å². The van der Waals surface area contributed by atoms with Gasteiger partial charge in [0.05, 0.1) is 0 Å². The highest BCUT2D eigenvalue weighted by Crippen LogP contribution is 2.56. The Hall–Kier alpha value is -9.14. The van der Waals surface area contributed by atoms with E-state index in [0.717, 1.165) is 0 Å².